The number of hydrogen-bond acceptors (Lipinski definition) is 2. The molecule has 2 heteroatoms. The molecule has 2 rings (SSSR count). The van der Waals surface area contributed by atoms with E-state index in [-0.39, 0.29) is 18.0 Å². The van der Waals surface area contributed by atoms with Gasteiger partial charge in [0, 0.05) is 5.92 Å². The Kier molecular flexibility index (Phi) is 3.28. The monoisotopic (exact) mass is 218 g/mol. The van der Waals surface area contributed by atoms with E-state index >= 15 is 0 Å². The van der Waals surface area contributed by atoms with Gasteiger partial charge in [0.2, 0.25) is 0 Å². The summed E-state index contributed by atoms with van der Waals surface area (Å²) in [6, 6.07) is 10.0. The van der Waals surface area contributed by atoms with Crippen molar-refractivity contribution >= 4 is 5.97 Å². The SMILES string of the molecule is CC(C)C(=O)OC(c1ccccc1)C1CC1. The summed E-state index contributed by atoms with van der Waals surface area (Å²) in [6.07, 6.45) is 2.31. The van der Waals surface area contributed by atoms with E-state index in [1.807, 2.05) is 44.2 Å². The van der Waals surface area contributed by atoms with Crippen molar-refractivity contribution in [3.8, 4) is 0 Å². The summed E-state index contributed by atoms with van der Waals surface area (Å²) in [7, 11) is 0. The first kappa shape index (κ1) is 11.2. The molecule has 86 valence electrons. The molecule has 2 nitrogen and oxygen atoms in total. The number of carbonyl (C=O) groups excluding carboxylic acids is 1. The van der Waals surface area contributed by atoms with Crippen molar-refractivity contribution < 1.29 is 9.53 Å². The molecular weight excluding hydrogens is 200 g/mol. The van der Waals surface area contributed by atoms with Gasteiger partial charge in [-0.15, -0.1) is 0 Å². The molecular formula is C14H18O2. The highest BCUT2D eigenvalue weighted by molar-refractivity contribution is 5.71. The predicted octanol–water partition coefficient (Wildman–Crippen LogP) is 3.34. The normalized spacial score (nSPS) is 17.2. The fraction of sp³-hybridized carbons (Fsp3) is 0.500. The van der Waals surface area contributed by atoms with E-state index in [4.69, 9.17) is 4.74 Å². The molecule has 0 aromatic heterocycles. The molecule has 0 amide bonds. The average molecular weight is 218 g/mol. The van der Waals surface area contributed by atoms with Crippen molar-refractivity contribution in [2.45, 2.75) is 32.8 Å². The Bertz CT molecular complexity index is 352. The van der Waals surface area contributed by atoms with Crippen LogP contribution in [0.4, 0.5) is 0 Å². The second-order valence-corrected chi connectivity index (χ2v) is 4.76. The van der Waals surface area contributed by atoms with Gasteiger partial charge in [-0.3, -0.25) is 4.79 Å². The van der Waals surface area contributed by atoms with Crippen LogP contribution < -0.4 is 0 Å². The van der Waals surface area contributed by atoms with Crippen molar-refractivity contribution in [1.82, 2.24) is 0 Å². The molecule has 1 fully saturated rings. The van der Waals surface area contributed by atoms with Crippen LogP contribution in [-0.2, 0) is 9.53 Å². The van der Waals surface area contributed by atoms with Gasteiger partial charge in [-0.05, 0) is 18.4 Å². The molecule has 0 saturated heterocycles. The molecule has 1 aliphatic carbocycles. The van der Waals surface area contributed by atoms with Crippen LogP contribution in [0.5, 0.6) is 0 Å². The van der Waals surface area contributed by atoms with Gasteiger partial charge < -0.3 is 4.74 Å². The molecule has 0 heterocycles. The van der Waals surface area contributed by atoms with E-state index in [9.17, 15) is 4.79 Å². The van der Waals surface area contributed by atoms with Gasteiger partial charge in [-0.1, -0.05) is 44.2 Å². The Labute approximate surface area is 96.6 Å². The minimum atomic E-state index is -0.0965. The summed E-state index contributed by atoms with van der Waals surface area (Å²) in [5, 5.41) is 0. The molecule has 0 radical (unpaired) electrons. The third-order valence-electron chi connectivity index (χ3n) is 2.89. The topological polar surface area (TPSA) is 26.3 Å². The van der Waals surface area contributed by atoms with Crippen molar-refractivity contribution in [3.63, 3.8) is 0 Å². The van der Waals surface area contributed by atoms with E-state index in [0.717, 1.165) is 5.56 Å². The predicted molar refractivity (Wildman–Crippen MR) is 62.8 cm³/mol. The van der Waals surface area contributed by atoms with Crippen LogP contribution in [0.15, 0.2) is 30.3 Å². The lowest BCUT2D eigenvalue weighted by molar-refractivity contribution is -0.154. The first-order valence-electron chi connectivity index (χ1n) is 5.94. The maximum absolute atomic E-state index is 11.6. The first-order valence-corrected chi connectivity index (χ1v) is 5.94. The smallest absolute Gasteiger partial charge is 0.308 e. The molecule has 1 aromatic rings. The third kappa shape index (κ3) is 2.63. The van der Waals surface area contributed by atoms with Gasteiger partial charge in [0.05, 0.1) is 5.92 Å². The fourth-order valence-corrected chi connectivity index (χ4v) is 1.74. The molecule has 0 spiro atoms. The van der Waals surface area contributed by atoms with Gasteiger partial charge in [0.15, 0.2) is 0 Å². The molecule has 1 aromatic carbocycles. The largest absolute Gasteiger partial charge is 0.457 e. The summed E-state index contributed by atoms with van der Waals surface area (Å²) in [4.78, 5) is 11.6. The first-order chi connectivity index (χ1) is 7.68. The van der Waals surface area contributed by atoms with Crippen LogP contribution in [0.3, 0.4) is 0 Å². The number of carbonyl (C=O) groups is 1. The van der Waals surface area contributed by atoms with Gasteiger partial charge in [0.25, 0.3) is 0 Å². The van der Waals surface area contributed by atoms with Crippen molar-refractivity contribution in [2.75, 3.05) is 0 Å². The van der Waals surface area contributed by atoms with Crippen LogP contribution in [0.1, 0.15) is 38.4 Å². The zero-order valence-electron chi connectivity index (χ0n) is 9.85. The van der Waals surface area contributed by atoms with E-state index < -0.39 is 0 Å². The maximum atomic E-state index is 11.6. The molecule has 0 aliphatic heterocycles. The minimum Gasteiger partial charge on any atom is -0.457 e. The van der Waals surface area contributed by atoms with E-state index in [1.54, 1.807) is 0 Å². The second kappa shape index (κ2) is 4.69. The molecule has 16 heavy (non-hydrogen) atoms. The molecule has 0 N–H and O–H groups in total. The number of ether oxygens (including phenoxy) is 1. The Morgan fingerprint density at radius 2 is 1.88 bits per heavy atom. The molecule has 0 bridgehead atoms. The highest BCUT2D eigenvalue weighted by atomic mass is 16.5. The van der Waals surface area contributed by atoms with Crippen LogP contribution in [0.2, 0.25) is 0 Å². The average Bonchev–Trinajstić information content (AvgIpc) is 3.10. The minimum absolute atomic E-state index is 0.0314. The molecule has 1 saturated carbocycles. The number of benzene rings is 1. The van der Waals surface area contributed by atoms with Crippen molar-refractivity contribution in [1.29, 1.82) is 0 Å². The molecule has 1 unspecified atom stereocenters. The van der Waals surface area contributed by atoms with Gasteiger partial charge in [-0.2, -0.15) is 0 Å². The van der Waals surface area contributed by atoms with Crippen LogP contribution in [-0.4, -0.2) is 5.97 Å². The quantitative estimate of drug-likeness (QED) is 0.724. The lowest BCUT2D eigenvalue weighted by Gasteiger charge is -2.19. The zero-order valence-corrected chi connectivity index (χ0v) is 9.85. The number of hydrogen-bond donors (Lipinski definition) is 0. The Morgan fingerprint density at radius 3 is 2.38 bits per heavy atom. The lowest BCUT2D eigenvalue weighted by Crippen LogP contribution is -2.17. The third-order valence-corrected chi connectivity index (χ3v) is 2.89. The standard InChI is InChI=1S/C14H18O2/c1-10(2)14(15)16-13(12-8-9-12)11-6-4-3-5-7-11/h3-7,10,12-13H,8-9H2,1-2H3. The van der Waals surface area contributed by atoms with Crippen LogP contribution >= 0.6 is 0 Å². The summed E-state index contributed by atoms with van der Waals surface area (Å²) in [6.45, 7) is 3.74. The molecule has 1 aliphatic rings. The fourth-order valence-electron chi connectivity index (χ4n) is 1.74. The van der Waals surface area contributed by atoms with E-state index in [0.29, 0.717) is 5.92 Å². The Balaban J connectivity index is 2.09. The van der Waals surface area contributed by atoms with E-state index in [1.165, 1.54) is 12.8 Å². The highest BCUT2D eigenvalue weighted by Crippen LogP contribution is 2.43. The summed E-state index contributed by atoms with van der Waals surface area (Å²) < 4.78 is 5.58. The van der Waals surface area contributed by atoms with Crippen LogP contribution in [0.25, 0.3) is 0 Å². The van der Waals surface area contributed by atoms with Gasteiger partial charge in [0.1, 0.15) is 6.10 Å². The van der Waals surface area contributed by atoms with Gasteiger partial charge in [-0.25, -0.2) is 0 Å². The Hall–Kier alpha value is -1.31. The Morgan fingerprint density at radius 1 is 1.25 bits per heavy atom. The van der Waals surface area contributed by atoms with E-state index in [2.05, 4.69) is 0 Å². The summed E-state index contributed by atoms with van der Waals surface area (Å²) in [5.74, 6) is 0.385. The number of esters is 1. The summed E-state index contributed by atoms with van der Waals surface area (Å²) in [5.41, 5.74) is 1.12. The highest BCUT2D eigenvalue weighted by Gasteiger charge is 2.35. The lowest BCUT2D eigenvalue weighted by atomic mass is 10.1. The summed E-state index contributed by atoms with van der Waals surface area (Å²) >= 11 is 0. The van der Waals surface area contributed by atoms with Crippen molar-refractivity contribution in [3.05, 3.63) is 35.9 Å². The number of rotatable bonds is 4. The molecule has 1 atom stereocenters. The van der Waals surface area contributed by atoms with Crippen LogP contribution in [0, 0.1) is 11.8 Å². The maximum Gasteiger partial charge on any atom is 0.308 e. The zero-order chi connectivity index (χ0) is 11.5. The van der Waals surface area contributed by atoms with Crippen molar-refractivity contribution in [2.24, 2.45) is 11.8 Å². The van der Waals surface area contributed by atoms with Gasteiger partial charge >= 0.3 is 5.97 Å². The second-order valence-electron chi connectivity index (χ2n) is 4.76.